The lowest BCUT2D eigenvalue weighted by atomic mass is 9.94. The van der Waals surface area contributed by atoms with E-state index < -0.39 is 0 Å². The molecule has 2 heterocycles. The monoisotopic (exact) mass is 431 g/mol. The summed E-state index contributed by atoms with van der Waals surface area (Å²) in [5.41, 5.74) is 1.88. The van der Waals surface area contributed by atoms with Gasteiger partial charge in [0.05, 0.1) is 11.5 Å². The van der Waals surface area contributed by atoms with Crippen LogP contribution in [0.4, 0.5) is 0 Å². The first-order valence-corrected chi connectivity index (χ1v) is 11.3. The molecule has 154 valence electrons. The van der Waals surface area contributed by atoms with Gasteiger partial charge in [0.15, 0.2) is 0 Å². The first kappa shape index (κ1) is 20.6. The second kappa shape index (κ2) is 9.43. The van der Waals surface area contributed by atoms with Crippen LogP contribution in [0.25, 0.3) is 17.4 Å². The fraction of sp³-hybridized carbons (Fsp3) is 0.409. The maximum atomic E-state index is 13.0. The van der Waals surface area contributed by atoms with E-state index in [1.54, 1.807) is 0 Å². The third kappa shape index (κ3) is 4.74. The highest BCUT2D eigenvalue weighted by Gasteiger charge is 2.39. The Hall–Kier alpha value is -1.67. The zero-order valence-electron chi connectivity index (χ0n) is 16.1. The number of thioether (sulfide) groups is 1. The molecule has 1 unspecified atom stereocenters. The fourth-order valence-electron chi connectivity index (χ4n) is 3.94. The van der Waals surface area contributed by atoms with E-state index in [2.05, 4.69) is 12.6 Å². The van der Waals surface area contributed by atoms with E-state index >= 15 is 0 Å². The lowest BCUT2D eigenvalue weighted by Gasteiger charge is -2.32. The van der Waals surface area contributed by atoms with Crippen molar-refractivity contribution in [2.75, 3.05) is 6.79 Å². The van der Waals surface area contributed by atoms with Crippen molar-refractivity contribution in [2.45, 2.75) is 49.5 Å². The van der Waals surface area contributed by atoms with Crippen LogP contribution >= 0.6 is 24.4 Å². The van der Waals surface area contributed by atoms with Crippen molar-refractivity contribution < 1.29 is 19.1 Å². The molecule has 2 fully saturated rings. The SMILES string of the molecule is O=C1/C(=C/c2ccc(-c3cccc(COCO)c3)o2)SC(S)N1C1CCCCC1. The molecule has 2 aliphatic rings. The molecule has 1 N–H and O–H groups in total. The number of nitrogens with zero attached hydrogens (tertiary/aromatic N) is 1. The first-order valence-electron chi connectivity index (χ1n) is 9.92. The topological polar surface area (TPSA) is 62.9 Å². The van der Waals surface area contributed by atoms with Crippen LogP contribution in [0.5, 0.6) is 0 Å². The number of hydrogen-bond donors (Lipinski definition) is 2. The van der Waals surface area contributed by atoms with Crippen molar-refractivity contribution in [3.63, 3.8) is 0 Å². The number of carbonyl (C=O) groups is 1. The van der Waals surface area contributed by atoms with E-state index in [0.29, 0.717) is 23.3 Å². The van der Waals surface area contributed by atoms with Gasteiger partial charge < -0.3 is 19.2 Å². The van der Waals surface area contributed by atoms with Crippen molar-refractivity contribution in [3.05, 3.63) is 52.6 Å². The number of aliphatic hydroxyl groups excluding tert-OH is 1. The van der Waals surface area contributed by atoms with E-state index in [1.165, 1.54) is 31.0 Å². The molecule has 29 heavy (non-hydrogen) atoms. The second-order valence-corrected chi connectivity index (χ2v) is 9.30. The molecule has 4 rings (SSSR count). The van der Waals surface area contributed by atoms with Crippen molar-refractivity contribution in [1.82, 2.24) is 4.90 Å². The van der Waals surface area contributed by atoms with Crippen LogP contribution in [0.1, 0.15) is 43.4 Å². The summed E-state index contributed by atoms with van der Waals surface area (Å²) in [5.74, 6) is 1.44. The molecule has 1 aliphatic carbocycles. The van der Waals surface area contributed by atoms with Gasteiger partial charge in [-0.3, -0.25) is 4.79 Å². The zero-order valence-corrected chi connectivity index (χ0v) is 17.8. The maximum Gasteiger partial charge on any atom is 0.262 e. The number of carbonyl (C=O) groups excluding carboxylic acids is 1. The fourth-order valence-corrected chi connectivity index (χ4v) is 5.58. The Kier molecular flexibility index (Phi) is 6.70. The molecule has 1 saturated carbocycles. The summed E-state index contributed by atoms with van der Waals surface area (Å²) >= 11 is 6.14. The molecule has 0 spiro atoms. The Morgan fingerprint density at radius 3 is 2.86 bits per heavy atom. The molecule has 0 bridgehead atoms. The van der Waals surface area contributed by atoms with Crippen LogP contribution in [0.15, 0.2) is 45.7 Å². The summed E-state index contributed by atoms with van der Waals surface area (Å²) in [7, 11) is 0. The van der Waals surface area contributed by atoms with Crippen LogP contribution in [-0.2, 0) is 16.1 Å². The van der Waals surface area contributed by atoms with Gasteiger partial charge in [0, 0.05) is 17.7 Å². The Bertz CT molecular complexity index is 888. The lowest BCUT2D eigenvalue weighted by molar-refractivity contribution is -0.127. The van der Waals surface area contributed by atoms with Gasteiger partial charge in [-0.2, -0.15) is 0 Å². The zero-order chi connectivity index (χ0) is 20.2. The van der Waals surface area contributed by atoms with Crippen molar-refractivity contribution >= 4 is 36.4 Å². The minimum absolute atomic E-state index is 0.0583. The largest absolute Gasteiger partial charge is 0.457 e. The molecule has 7 heteroatoms. The number of hydrogen-bond acceptors (Lipinski definition) is 6. The average molecular weight is 432 g/mol. The number of furan rings is 1. The standard InChI is InChI=1S/C22H25NO4S2/c24-14-26-13-15-5-4-6-16(11-15)19-10-9-18(27-19)12-20-21(25)23(22(28)29-20)17-7-2-1-3-8-17/h4-6,9-12,17,22,24,28H,1-3,7-8,13-14H2/b20-12-. The van der Waals surface area contributed by atoms with Gasteiger partial charge >= 0.3 is 0 Å². The predicted molar refractivity (Wildman–Crippen MR) is 118 cm³/mol. The molecule has 1 amide bonds. The van der Waals surface area contributed by atoms with Crippen LogP contribution in [0.2, 0.25) is 0 Å². The summed E-state index contributed by atoms with van der Waals surface area (Å²) in [6.45, 7) is 0.0336. The molecule has 0 radical (unpaired) electrons. The highest BCUT2D eigenvalue weighted by molar-refractivity contribution is 8.14. The highest BCUT2D eigenvalue weighted by Crippen LogP contribution is 2.42. The summed E-state index contributed by atoms with van der Waals surface area (Å²) in [5, 5.41) is 8.81. The van der Waals surface area contributed by atoms with Gasteiger partial charge in [-0.15, -0.1) is 12.6 Å². The van der Waals surface area contributed by atoms with E-state index in [4.69, 9.17) is 14.3 Å². The molecule has 5 nitrogen and oxygen atoms in total. The summed E-state index contributed by atoms with van der Waals surface area (Å²) in [6, 6.07) is 11.9. The Labute approximate surface area is 180 Å². The average Bonchev–Trinajstić information content (AvgIpc) is 3.32. The molecule has 1 aromatic heterocycles. The summed E-state index contributed by atoms with van der Waals surface area (Å²) in [4.78, 5) is 15.6. The Morgan fingerprint density at radius 1 is 1.24 bits per heavy atom. The normalized spacial score (nSPS) is 22.0. The predicted octanol–water partition coefficient (Wildman–Crippen LogP) is 4.88. The highest BCUT2D eigenvalue weighted by atomic mass is 32.2. The molecule has 1 saturated heterocycles. The molecular weight excluding hydrogens is 406 g/mol. The number of benzene rings is 1. The number of ether oxygens (including phenoxy) is 1. The quantitative estimate of drug-likeness (QED) is 0.388. The number of thiol groups is 1. The van der Waals surface area contributed by atoms with Gasteiger partial charge in [0.1, 0.15) is 23.0 Å². The number of rotatable bonds is 6. The maximum absolute atomic E-state index is 13.0. The van der Waals surface area contributed by atoms with E-state index in [-0.39, 0.29) is 17.4 Å². The van der Waals surface area contributed by atoms with Crippen LogP contribution in [0.3, 0.4) is 0 Å². The van der Waals surface area contributed by atoms with E-state index in [0.717, 1.165) is 29.7 Å². The van der Waals surface area contributed by atoms with Crippen LogP contribution in [-0.4, -0.2) is 33.5 Å². The second-order valence-electron chi connectivity index (χ2n) is 7.34. The Morgan fingerprint density at radius 2 is 2.07 bits per heavy atom. The van der Waals surface area contributed by atoms with E-state index in [9.17, 15) is 4.79 Å². The minimum Gasteiger partial charge on any atom is -0.457 e. The Balaban J connectivity index is 1.50. The van der Waals surface area contributed by atoms with Crippen LogP contribution in [0, 0.1) is 0 Å². The first-order chi connectivity index (χ1) is 14.2. The van der Waals surface area contributed by atoms with Gasteiger partial charge in [-0.1, -0.05) is 49.2 Å². The smallest absolute Gasteiger partial charge is 0.262 e. The molecule has 1 aliphatic heterocycles. The molecule has 2 aromatic rings. The lowest BCUT2D eigenvalue weighted by Crippen LogP contribution is -2.40. The van der Waals surface area contributed by atoms with Crippen molar-refractivity contribution in [1.29, 1.82) is 0 Å². The van der Waals surface area contributed by atoms with Gasteiger partial charge in [0.25, 0.3) is 5.91 Å². The van der Waals surface area contributed by atoms with Gasteiger partial charge in [0.2, 0.25) is 0 Å². The number of aliphatic hydroxyl groups is 1. The van der Waals surface area contributed by atoms with Crippen molar-refractivity contribution in [3.8, 4) is 11.3 Å². The van der Waals surface area contributed by atoms with Gasteiger partial charge in [-0.05, 0) is 36.6 Å². The molecular formula is C22H25NO4S2. The third-order valence-electron chi connectivity index (χ3n) is 5.36. The summed E-state index contributed by atoms with van der Waals surface area (Å²) < 4.78 is 10.9. The van der Waals surface area contributed by atoms with Crippen molar-refractivity contribution in [2.24, 2.45) is 0 Å². The molecule has 1 atom stereocenters. The minimum atomic E-state index is -0.307. The third-order valence-corrected chi connectivity index (χ3v) is 6.90. The van der Waals surface area contributed by atoms with E-state index in [1.807, 2.05) is 47.4 Å². The molecule has 1 aromatic carbocycles. The number of amides is 1. The van der Waals surface area contributed by atoms with Crippen LogP contribution < -0.4 is 0 Å². The summed E-state index contributed by atoms with van der Waals surface area (Å²) in [6.07, 6.45) is 7.58. The van der Waals surface area contributed by atoms with Gasteiger partial charge in [-0.25, -0.2) is 0 Å².